The lowest BCUT2D eigenvalue weighted by molar-refractivity contribution is 0.0579. The molecule has 0 N–H and O–H groups in total. The molecule has 4 heteroatoms. The van der Waals surface area contributed by atoms with Crippen molar-refractivity contribution in [2.45, 2.75) is 77.4 Å². The van der Waals surface area contributed by atoms with Gasteiger partial charge in [0.25, 0.3) is 0 Å². The van der Waals surface area contributed by atoms with Gasteiger partial charge in [0.2, 0.25) is 0 Å². The second-order valence-corrected chi connectivity index (χ2v) is 9.26. The fourth-order valence-corrected chi connectivity index (χ4v) is 5.08. The second-order valence-electron chi connectivity index (χ2n) is 9.26. The van der Waals surface area contributed by atoms with Gasteiger partial charge in [0.15, 0.2) is 0 Å². The standard InChI is InChI=1S/C24H32N2O2/c1-5-24-13-8-15-25-17-12-19(21(24)25)18-10-6-7-11-20(18)26(16-9-14-24)22(27)28-23(2,3)4/h6-7,10-12,17H,5,8-9,13-16H2,1-4H3/t24-/m1/s1. The molecule has 150 valence electrons. The summed E-state index contributed by atoms with van der Waals surface area (Å²) in [6.45, 7) is 9.89. The third-order valence-electron chi connectivity index (χ3n) is 6.33. The molecular formula is C24H32N2O2. The molecule has 1 atom stereocenters. The molecule has 0 fully saturated rings. The van der Waals surface area contributed by atoms with E-state index in [1.807, 2.05) is 31.7 Å². The molecule has 1 aromatic heterocycles. The number of nitrogens with zero attached hydrogens (tertiary/aromatic N) is 2. The number of ether oxygens (including phenoxy) is 1. The topological polar surface area (TPSA) is 34.5 Å². The molecule has 4 rings (SSSR count). The van der Waals surface area contributed by atoms with Gasteiger partial charge in [0.05, 0.1) is 5.69 Å². The van der Waals surface area contributed by atoms with E-state index in [9.17, 15) is 4.79 Å². The Labute approximate surface area is 168 Å². The second kappa shape index (κ2) is 6.98. The molecule has 2 aliphatic rings. The number of carbonyl (C=O) groups excluding carboxylic acids is 1. The van der Waals surface area contributed by atoms with Crippen molar-refractivity contribution in [3.8, 4) is 11.1 Å². The number of hydrogen-bond acceptors (Lipinski definition) is 2. The number of hydrogen-bond donors (Lipinski definition) is 0. The molecule has 28 heavy (non-hydrogen) atoms. The van der Waals surface area contributed by atoms with Crippen LogP contribution in [0.4, 0.5) is 10.5 Å². The predicted molar refractivity (Wildman–Crippen MR) is 114 cm³/mol. The summed E-state index contributed by atoms with van der Waals surface area (Å²) in [5.74, 6) is 0. The van der Waals surface area contributed by atoms with Crippen LogP contribution in [0.5, 0.6) is 0 Å². The molecule has 0 spiro atoms. The number of amides is 1. The van der Waals surface area contributed by atoms with E-state index in [4.69, 9.17) is 4.74 Å². The minimum Gasteiger partial charge on any atom is -0.443 e. The van der Waals surface area contributed by atoms with E-state index in [1.165, 1.54) is 24.1 Å². The Morgan fingerprint density at radius 2 is 1.79 bits per heavy atom. The highest BCUT2D eigenvalue weighted by atomic mass is 16.6. The van der Waals surface area contributed by atoms with Gasteiger partial charge in [0, 0.05) is 41.5 Å². The zero-order valence-electron chi connectivity index (χ0n) is 17.6. The van der Waals surface area contributed by atoms with Crippen LogP contribution in [0.25, 0.3) is 11.1 Å². The number of aryl methyl sites for hydroxylation is 1. The lowest BCUT2D eigenvalue weighted by atomic mass is 9.71. The molecule has 0 aliphatic carbocycles. The van der Waals surface area contributed by atoms with Gasteiger partial charge in [-0.1, -0.05) is 25.1 Å². The Hall–Kier alpha value is -2.23. The molecule has 0 unspecified atom stereocenters. The van der Waals surface area contributed by atoms with Crippen molar-refractivity contribution in [3.63, 3.8) is 0 Å². The van der Waals surface area contributed by atoms with Crippen molar-refractivity contribution in [2.24, 2.45) is 0 Å². The molecule has 4 nitrogen and oxygen atoms in total. The number of carbonyl (C=O) groups is 1. The van der Waals surface area contributed by atoms with E-state index in [1.54, 1.807) is 0 Å². The smallest absolute Gasteiger partial charge is 0.414 e. The summed E-state index contributed by atoms with van der Waals surface area (Å²) in [6.07, 6.45) is 7.67. The van der Waals surface area contributed by atoms with Crippen molar-refractivity contribution in [1.29, 1.82) is 0 Å². The number of aromatic nitrogens is 1. The molecule has 1 aromatic carbocycles. The van der Waals surface area contributed by atoms with Crippen LogP contribution in [0.15, 0.2) is 36.5 Å². The zero-order valence-corrected chi connectivity index (χ0v) is 17.6. The fraction of sp³-hybridized carbons (Fsp3) is 0.542. The molecule has 3 heterocycles. The highest BCUT2D eigenvalue weighted by Gasteiger charge is 2.39. The van der Waals surface area contributed by atoms with Crippen LogP contribution in [-0.4, -0.2) is 22.8 Å². The predicted octanol–water partition coefficient (Wildman–Crippen LogP) is 6.13. The Morgan fingerprint density at radius 3 is 2.50 bits per heavy atom. The van der Waals surface area contributed by atoms with Gasteiger partial charge in [0.1, 0.15) is 5.60 Å². The summed E-state index contributed by atoms with van der Waals surface area (Å²) < 4.78 is 8.22. The van der Waals surface area contributed by atoms with E-state index in [0.29, 0.717) is 6.54 Å². The summed E-state index contributed by atoms with van der Waals surface area (Å²) in [5, 5.41) is 0. The largest absolute Gasteiger partial charge is 0.443 e. The van der Waals surface area contributed by atoms with Crippen LogP contribution in [0.2, 0.25) is 0 Å². The Kier molecular flexibility index (Phi) is 4.76. The maximum absolute atomic E-state index is 13.1. The first-order valence-electron chi connectivity index (χ1n) is 10.6. The average Bonchev–Trinajstić information content (AvgIpc) is 3.10. The van der Waals surface area contributed by atoms with E-state index >= 15 is 0 Å². The maximum atomic E-state index is 13.1. The number of anilines is 1. The van der Waals surface area contributed by atoms with Crippen LogP contribution in [0.1, 0.15) is 65.5 Å². The molecular weight excluding hydrogens is 348 g/mol. The Bertz CT molecular complexity index is 877. The van der Waals surface area contributed by atoms with E-state index in [-0.39, 0.29) is 11.5 Å². The SMILES string of the molecule is CC[C@@]12CCCN(C(=O)OC(C)(C)C)c3ccccc3-c3ccn(c31)CCC2. The van der Waals surface area contributed by atoms with Crippen LogP contribution in [0.3, 0.4) is 0 Å². The average molecular weight is 381 g/mol. The third kappa shape index (κ3) is 3.23. The maximum Gasteiger partial charge on any atom is 0.414 e. The van der Waals surface area contributed by atoms with Crippen molar-refractivity contribution in [1.82, 2.24) is 4.57 Å². The molecule has 1 amide bonds. The summed E-state index contributed by atoms with van der Waals surface area (Å²) >= 11 is 0. The Balaban J connectivity index is 1.86. The van der Waals surface area contributed by atoms with Gasteiger partial charge in [-0.05, 0) is 65.0 Å². The number of rotatable bonds is 1. The van der Waals surface area contributed by atoms with Crippen LogP contribution in [-0.2, 0) is 16.7 Å². The highest BCUT2D eigenvalue weighted by molar-refractivity contribution is 5.94. The van der Waals surface area contributed by atoms with Crippen LogP contribution >= 0.6 is 0 Å². The molecule has 2 aromatic rings. The molecule has 2 aliphatic heterocycles. The third-order valence-corrected chi connectivity index (χ3v) is 6.33. The molecule has 0 saturated carbocycles. The van der Waals surface area contributed by atoms with E-state index in [2.05, 4.69) is 42.0 Å². The minimum absolute atomic E-state index is 0.203. The minimum atomic E-state index is -0.505. The summed E-state index contributed by atoms with van der Waals surface area (Å²) in [6, 6.07) is 10.6. The van der Waals surface area contributed by atoms with Gasteiger partial charge in [-0.3, -0.25) is 4.90 Å². The first kappa shape index (κ1) is 19.1. The lowest BCUT2D eigenvalue weighted by Gasteiger charge is -2.39. The summed E-state index contributed by atoms with van der Waals surface area (Å²) in [5.41, 5.74) is 4.56. The Morgan fingerprint density at radius 1 is 1.07 bits per heavy atom. The molecule has 0 saturated heterocycles. The van der Waals surface area contributed by atoms with Crippen molar-refractivity contribution in [2.75, 3.05) is 11.4 Å². The van der Waals surface area contributed by atoms with Gasteiger partial charge >= 0.3 is 6.09 Å². The normalized spacial score (nSPS) is 21.8. The lowest BCUT2D eigenvalue weighted by Crippen LogP contribution is -2.38. The number of benzene rings is 1. The molecule has 0 bridgehead atoms. The monoisotopic (exact) mass is 380 g/mol. The van der Waals surface area contributed by atoms with Crippen LogP contribution < -0.4 is 4.90 Å². The molecule has 0 radical (unpaired) electrons. The van der Waals surface area contributed by atoms with Crippen molar-refractivity contribution >= 4 is 11.8 Å². The van der Waals surface area contributed by atoms with Crippen LogP contribution in [0, 0.1) is 0 Å². The van der Waals surface area contributed by atoms with Gasteiger partial charge in [-0.25, -0.2) is 4.79 Å². The van der Waals surface area contributed by atoms with Crippen molar-refractivity contribution in [3.05, 3.63) is 42.2 Å². The summed E-state index contributed by atoms with van der Waals surface area (Å²) in [4.78, 5) is 14.9. The fourth-order valence-electron chi connectivity index (χ4n) is 5.08. The first-order valence-corrected chi connectivity index (χ1v) is 10.6. The van der Waals surface area contributed by atoms with E-state index in [0.717, 1.165) is 37.1 Å². The van der Waals surface area contributed by atoms with Gasteiger partial charge in [-0.15, -0.1) is 0 Å². The van der Waals surface area contributed by atoms with Gasteiger partial charge in [-0.2, -0.15) is 0 Å². The number of fused-ring (bicyclic) bond motifs is 2. The number of para-hydroxylation sites is 1. The highest BCUT2D eigenvalue weighted by Crippen LogP contribution is 2.48. The first-order chi connectivity index (χ1) is 13.3. The quantitative estimate of drug-likeness (QED) is 0.596. The summed E-state index contributed by atoms with van der Waals surface area (Å²) in [7, 11) is 0. The zero-order chi connectivity index (χ0) is 19.9. The van der Waals surface area contributed by atoms with Crippen molar-refractivity contribution < 1.29 is 9.53 Å². The van der Waals surface area contributed by atoms with E-state index < -0.39 is 5.60 Å². The van der Waals surface area contributed by atoms with Gasteiger partial charge < -0.3 is 9.30 Å².